The van der Waals surface area contributed by atoms with Crippen molar-refractivity contribution in [3.05, 3.63) is 162 Å². The number of hydrogen-bond donors (Lipinski definition) is 5. The Morgan fingerprint density at radius 2 is 0.945 bits per heavy atom. The number of aliphatic hydroxyl groups is 1. The number of carbonyl (C=O) groups is 5. The molecule has 6 aliphatic heterocycles. The molecule has 109 heavy (non-hydrogen) atoms. The van der Waals surface area contributed by atoms with E-state index in [4.69, 9.17) is 41.9 Å². The van der Waals surface area contributed by atoms with Gasteiger partial charge in [0.15, 0.2) is 12.1 Å². The third-order valence-corrected chi connectivity index (χ3v) is 20.6. The van der Waals surface area contributed by atoms with Crippen LogP contribution in [0.1, 0.15) is 139 Å². The van der Waals surface area contributed by atoms with Crippen molar-refractivity contribution < 1.29 is 43.7 Å². The predicted octanol–water partition coefficient (Wildman–Crippen LogP) is 12.1. The molecule has 1 saturated carbocycles. The first-order valence-electron chi connectivity index (χ1n) is 38.8. The Hall–Kier alpha value is -9.82. The van der Waals surface area contributed by atoms with E-state index < -0.39 is 41.4 Å². The molecule has 2 amide bonds. The van der Waals surface area contributed by atoms with Gasteiger partial charge in [0, 0.05) is 146 Å². The second-order valence-corrected chi connectivity index (χ2v) is 31.1. The van der Waals surface area contributed by atoms with Crippen LogP contribution in [0.5, 0.6) is 0 Å². The van der Waals surface area contributed by atoms with Crippen LogP contribution in [-0.4, -0.2) is 226 Å². The van der Waals surface area contributed by atoms with Crippen LogP contribution >= 0.6 is 0 Å². The van der Waals surface area contributed by atoms with Gasteiger partial charge in [0.05, 0.1) is 63.8 Å². The molecule has 14 rings (SSSR count). The van der Waals surface area contributed by atoms with Crippen LogP contribution in [0.25, 0.3) is 11.4 Å². The van der Waals surface area contributed by atoms with Gasteiger partial charge in [0.25, 0.3) is 0 Å². The number of aliphatic imine (C=N–C) groups is 1. The van der Waals surface area contributed by atoms with Crippen LogP contribution in [0.2, 0.25) is 0 Å². The number of aromatic nitrogens is 4. The van der Waals surface area contributed by atoms with Crippen molar-refractivity contribution in [3.63, 3.8) is 0 Å². The molecule has 5 aromatic carbocycles. The number of piperidine rings is 2. The number of para-hydroxylation sites is 5. The van der Waals surface area contributed by atoms with Crippen molar-refractivity contribution in [2.45, 2.75) is 155 Å². The number of likely N-dealkylation sites (N-methyl/N-ethyl adjacent to an activating group) is 3. The molecule has 2 aromatic heterocycles. The summed E-state index contributed by atoms with van der Waals surface area (Å²) in [6.07, 6.45) is 19.9. The molecule has 6 fully saturated rings. The van der Waals surface area contributed by atoms with Crippen LogP contribution < -0.4 is 31.9 Å². The van der Waals surface area contributed by atoms with Crippen molar-refractivity contribution in [2.75, 3.05) is 145 Å². The molecule has 2 atom stereocenters. The molecule has 0 radical (unpaired) electrons. The number of carboxylic acids is 1. The van der Waals surface area contributed by atoms with E-state index in [1.807, 2.05) is 124 Å². The lowest BCUT2D eigenvalue weighted by Crippen LogP contribution is -2.50. The van der Waals surface area contributed by atoms with Gasteiger partial charge in [-0.2, -0.15) is 10.2 Å². The number of benzene rings is 5. The summed E-state index contributed by atoms with van der Waals surface area (Å²) in [4.78, 5) is 81.5. The maximum atomic E-state index is 13.2. The summed E-state index contributed by atoms with van der Waals surface area (Å²) < 4.78 is 14.1. The van der Waals surface area contributed by atoms with Gasteiger partial charge in [-0.1, -0.05) is 79.9 Å². The molecule has 0 bridgehead atoms. The first-order chi connectivity index (χ1) is 52.3. The number of ether oxygens (including phenoxy) is 2. The third kappa shape index (κ3) is 24.1. The Bertz CT molecular complexity index is 4070. The number of ketones is 1. The number of aliphatic hydroxyl groups excluding tert-OH is 1. The number of nitrogens with two attached hydrogens (primary N) is 3. The van der Waals surface area contributed by atoms with E-state index in [-0.39, 0.29) is 18.8 Å². The van der Waals surface area contributed by atoms with E-state index in [0.717, 1.165) is 157 Å². The number of nitrogens with zero attached hydrogens (tertiary/aromatic N) is 13. The van der Waals surface area contributed by atoms with Gasteiger partial charge < -0.3 is 66.3 Å². The number of aldehydes is 1. The molecule has 7 aromatic rings. The number of Topliss-reactive ketones (excluding diaryl/α,β-unsaturated/α-hetero) is 1. The quantitative estimate of drug-likeness (QED) is 0.0561. The van der Waals surface area contributed by atoms with E-state index in [1.54, 1.807) is 53.5 Å². The molecule has 7 aliphatic rings. The van der Waals surface area contributed by atoms with Crippen molar-refractivity contribution in [1.29, 1.82) is 0 Å². The largest absolute Gasteiger partial charge is 0.480 e. The molecule has 0 spiro atoms. The Morgan fingerprint density at radius 1 is 0.495 bits per heavy atom. The lowest BCUT2D eigenvalue weighted by atomic mass is 9.84. The first-order valence-corrected chi connectivity index (χ1v) is 38.8. The molecule has 2 unspecified atom stereocenters. The summed E-state index contributed by atoms with van der Waals surface area (Å²) in [6, 6.07) is 36.0. The lowest BCUT2D eigenvalue weighted by Gasteiger charge is -2.36. The summed E-state index contributed by atoms with van der Waals surface area (Å²) in [6.45, 7) is 24.5. The second-order valence-electron chi connectivity index (χ2n) is 31.1. The maximum Gasteiger partial charge on any atom is 0.411 e. The summed E-state index contributed by atoms with van der Waals surface area (Å²) >= 11 is 0. The number of amides is 2. The fourth-order valence-corrected chi connectivity index (χ4v) is 14.5. The minimum Gasteiger partial charge on any atom is -0.480 e. The summed E-state index contributed by atoms with van der Waals surface area (Å²) in [5.74, 6) is -0.171. The maximum absolute atomic E-state index is 13.2. The monoisotopic (exact) mass is 1490 g/mol. The number of rotatable bonds is 12. The highest BCUT2D eigenvalue weighted by Crippen LogP contribution is 2.41. The van der Waals surface area contributed by atoms with Crippen molar-refractivity contribution in [3.8, 4) is 11.4 Å². The minimum absolute atomic E-state index is 0.0304. The zero-order chi connectivity index (χ0) is 78.2. The lowest BCUT2D eigenvalue weighted by molar-refractivity contribution is -0.144. The number of carboxylic acid groups (broad SMARTS) is 1. The standard InChI is InChI=1S/C23H36N4O3.C19H27N3.C11H18N4.C11H19NO4.C10H10N2O.C10H8N2O/c1-23(2,3)30-22(29)27-11-6-5-9-18(27)20(28)16-17-8-7-10-19(21(17)24)26-14-12-25(4)13-15-26;1-21-10-12-22(13-11-21)18-9-5-8-16-14-17(20-19(16)18)15-6-3-2-4-7-15;1-14-5-7-15(8-6-14)10-4-2-3-9(12)11(10)13;1-11(2,3)16-10(15)12-7-5-4-6-8(12)9(13)14;2*13-8-9-4-1-2-5-10(9)12-7-3-6-11-12/h7-8,10,18H,5-6,9,11-16,24H2,1-4H3;5,8-9,15H,2-4,6-7,10-14H2,1H3;2-4H,5-8,12-13H2,1H3;8H,4-7H2,1-3H3,(H,13,14);1-7,13H,8H2;1-8H. The molecule has 5 saturated heterocycles. The summed E-state index contributed by atoms with van der Waals surface area (Å²) in [7, 11) is 6.47. The number of aliphatic carboxylic acids is 1. The normalized spacial score (nSPS) is 18.6. The van der Waals surface area contributed by atoms with Gasteiger partial charge in [-0.3, -0.25) is 24.4 Å². The minimum atomic E-state index is -0.953. The van der Waals surface area contributed by atoms with E-state index in [1.165, 1.54) is 59.7 Å². The highest BCUT2D eigenvalue weighted by Gasteiger charge is 2.37. The summed E-state index contributed by atoms with van der Waals surface area (Å²) in [5, 5.41) is 26.2. The fraction of sp³-hybridized carbons (Fsp3) is 0.500. The Labute approximate surface area is 644 Å². The topological polar surface area (TPSA) is 296 Å². The van der Waals surface area contributed by atoms with E-state index in [2.05, 4.69) is 78.9 Å². The molecular weight excluding hydrogens is 1380 g/mol. The van der Waals surface area contributed by atoms with Crippen LogP contribution in [0, 0.1) is 5.92 Å². The number of piperazine rings is 3. The zero-order valence-electron chi connectivity index (χ0n) is 65.7. The van der Waals surface area contributed by atoms with Gasteiger partial charge in [0.2, 0.25) is 0 Å². The molecule has 25 heteroatoms. The molecule has 8 heterocycles. The van der Waals surface area contributed by atoms with Crippen LogP contribution in [0.4, 0.5) is 49.4 Å². The number of likely N-dealkylation sites (tertiary alicyclic amines) is 2. The summed E-state index contributed by atoms with van der Waals surface area (Å²) in [5.41, 5.74) is 30.9. The van der Waals surface area contributed by atoms with Gasteiger partial charge in [0.1, 0.15) is 17.2 Å². The van der Waals surface area contributed by atoms with Crippen molar-refractivity contribution in [1.82, 2.24) is 44.1 Å². The number of nitrogen functional groups attached to an aromatic ring is 3. The molecule has 8 N–H and O–H groups in total. The van der Waals surface area contributed by atoms with Crippen LogP contribution in [0.15, 0.2) is 145 Å². The third-order valence-electron chi connectivity index (χ3n) is 20.6. The predicted molar refractivity (Wildman–Crippen MR) is 435 cm³/mol. The zero-order valence-corrected chi connectivity index (χ0v) is 65.7. The second kappa shape index (κ2) is 40.0. The molecule has 25 nitrogen and oxygen atoms in total. The molecule has 588 valence electrons. The highest BCUT2D eigenvalue weighted by atomic mass is 16.6. The van der Waals surface area contributed by atoms with E-state index in [0.29, 0.717) is 48.6 Å². The Kier molecular flexibility index (Phi) is 30.6. The average Bonchev–Trinajstić information content (AvgIpc) is 1.67. The average molecular weight is 1500 g/mol. The first kappa shape index (κ1) is 83.2. The molecular formula is C84H118N16O9. The van der Waals surface area contributed by atoms with E-state index in [9.17, 15) is 24.0 Å². The number of anilines is 6. The SMILES string of the molecule is CC(C)(C)OC(=O)N1CCCCC1C(=O)O.CN1CCN(c2cccc(CC(=O)C3CCCCN3C(=O)OC(C)(C)C)c2N)CC1.CN1CCN(c2cccc(N)c2N)CC1.CN1CCN(c2cccc3c2N=C(C2CCCCC2)C3)CC1.O=Cc1ccccc1-n1cccn1.OCc1ccccc1-n1cccn1. The van der Waals surface area contributed by atoms with Crippen molar-refractivity contribution in [2.24, 2.45) is 10.9 Å². The van der Waals surface area contributed by atoms with Gasteiger partial charge in [-0.25, -0.2) is 23.7 Å². The Morgan fingerprint density at radius 3 is 1.47 bits per heavy atom. The Balaban J connectivity index is 0.000000155. The van der Waals surface area contributed by atoms with Crippen LogP contribution in [-0.2, 0) is 38.5 Å². The van der Waals surface area contributed by atoms with Gasteiger partial charge in [-0.15, -0.1) is 0 Å². The van der Waals surface area contributed by atoms with Gasteiger partial charge in [-0.05, 0) is 186 Å². The fourth-order valence-electron chi connectivity index (χ4n) is 14.5. The highest BCUT2D eigenvalue weighted by molar-refractivity contribution is 5.98. The van der Waals surface area contributed by atoms with Crippen molar-refractivity contribution >= 4 is 75.7 Å². The number of hydrogen-bond acceptors (Lipinski definition) is 20. The van der Waals surface area contributed by atoms with Gasteiger partial charge >= 0.3 is 18.2 Å². The number of fused-ring (bicyclic) bond motifs is 1. The number of carbonyl (C=O) groups excluding carboxylic acids is 4. The van der Waals surface area contributed by atoms with Crippen LogP contribution in [0.3, 0.4) is 0 Å². The smallest absolute Gasteiger partial charge is 0.411 e. The van der Waals surface area contributed by atoms with E-state index >= 15 is 0 Å². The molecule has 1 aliphatic carbocycles.